The summed E-state index contributed by atoms with van der Waals surface area (Å²) < 4.78 is 5.26. The lowest BCUT2D eigenvalue weighted by atomic mass is 10.2. The van der Waals surface area contributed by atoms with Crippen molar-refractivity contribution in [1.29, 1.82) is 0 Å². The van der Waals surface area contributed by atoms with Crippen molar-refractivity contribution in [2.75, 3.05) is 13.1 Å². The zero-order chi connectivity index (χ0) is 11.7. The molecule has 0 saturated carbocycles. The summed E-state index contributed by atoms with van der Waals surface area (Å²) in [6.07, 6.45) is 2.51. The van der Waals surface area contributed by atoms with Crippen LogP contribution >= 0.6 is 11.8 Å². The molecule has 0 spiro atoms. The Labute approximate surface area is 97.4 Å². The average molecular weight is 243 g/mol. The second kappa shape index (κ2) is 4.34. The van der Waals surface area contributed by atoms with Gasteiger partial charge in [0.05, 0.1) is 0 Å². The minimum atomic E-state index is -0.540. The molecular weight excluding hydrogens is 230 g/mol. The maximum Gasteiger partial charge on any atom is 0.322 e. The van der Waals surface area contributed by atoms with Gasteiger partial charge in [0.2, 0.25) is 6.35 Å². The van der Waals surface area contributed by atoms with Gasteiger partial charge in [0.15, 0.2) is 5.12 Å². The van der Waals surface area contributed by atoms with E-state index in [1.54, 1.807) is 6.92 Å². The third kappa shape index (κ3) is 2.14. The Hall–Kier alpha value is -1.21. The van der Waals surface area contributed by atoms with Crippen LogP contribution in [-0.2, 0) is 9.53 Å². The van der Waals surface area contributed by atoms with Crippen LogP contribution in [-0.4, -0.2) is 45.6 Å². The van der Waals surface area contributed by atoms with Crippen LogP contribution in [0.3, 0.4) is 0 Å². The molecule has 16 heavy (non-hydrogen) atoms. The normalized spacial score (nSPS) is 25.3. The highest BCUT2D eigenvalue weighted by Crippen LogP contribution is 2.28. The van der Waals surface area contributed by atoms with Gasteiger partial charge in [0.25, 0.3) is 0 Å². The average Bonchev–Trinajstić information content (AvgIpc) is 2.57. The van der Waals surface area contributed by atoms with Crippen LogP contribution in [0.5, 0.6) is 0 Å². The Morgan fingerprint density at radius 2 is 2.19 bits per heavy atom. The van der Waals surface area contributed by atoms with Crippen LogP contribution in [0.1, 0.15) is 6.92 Å². The summed E-state index contributed by atoms with van der Waals surface area (Å²) in [5.74, 6) is 0. The van der Waals surface area contributed by atoms with Gasteiger partial charge in [-0.1, -0.05) is 11.8 Å². The van der Waals surface area contributed by atoms with Crippen molar-refractivity contribution in [1.82, 2.24) is 9.80 Å². The second-order valence-electron chi connectivity index (χ2n) is 3.68. The van der Waals surface area contributed by atoms with E-state index in [2.05, 4.69) is 0 Å². The molecule has 0 aromatic heterocycles. The maximum atomic E-state index is 11.0. The molecular formula is C9H13N3O3S. The fraction of sp³-hybridized carbons (Fsp3) is 0.556. The number of amides is 2. The molecule has 2 N–H and O–H groups in total. The highest BCUT2D eigenvalue weighted by atomic mass is 32.2. The van der Waals surface area contributed by atoms with Gasteiger partial charge in [-0.15, -0.1) is 0 Å². The number of ether oxygens (including phenoxy) is 1. The number of carbonyl (C=O) groups is 2. The highest BCUT2D eigenvalue weighted by Gasteiger charge is 2.39. The summed E-state index contributed by atoms with van der Waals surface area (Å²) >= 11 is 1.32. The van der Waals surface area contributed by atoms with Crippen molar-refractivity contribution < 1.29 is 14.3 Å². The van der Waals surface area contributed by atoms with Gasteiger partial charge in [-0.05, 0) is 0 Å². The van der Waals surface area contributed by atoms with E-state index in [0.29, 0.717) is 0 Å². The predicted molar refractivity (Wildman–Crippen MR) is 59.1 cm³/mol. The minimum Gasteiger partial charge on any atom is -0.463 e. The molecule has 2 amide bonds. The molecule has 2 aliphatic rings. The monoisotopic (exact) mass is 243 g/mol. The van der Waals surface area contributed by atoms with Gasteiger partial charge < -0.3 is 10.5 Å². The topological polar surface area (TPSA) is 75.9 Å². The molecule has 0 aliphatic carbocycles. The zero-order valence-electron chi connectivity index (χ0n) is 8.83. The minimum absolute atomic E-state index is 0.113. The van der Waals surface area contributed by atoms with E-state index in [1.807, 2.05) is 4.90 Å². The Morgan fingerprint density at radius 1 is 1.50 bits per heavy atom. The number of likely N-dealkylation sites (tertiary alicyclic amines) is 1. The van der Waals surface area contributed by atoms with Crippen molar-refractivity contribution in [2.24, 2.45) is 5.73 Å². The molecule has 2 aliphatic heterocycles. The smallest absolute Gasteiger partial charge is 0.322 e. The van der Waals surface area contributed by atoms with E-state index < -0.39 is 12.4 Å². The molecule has 1 saturated heterocycles. The van der Waals surface area contributed by atoms with E-state index in [4.69, 9.17) is 10.5 Å². The van der Waals surface area contributed by atoms with Crippen molar-refractivity contribution in [3.8, 4) is 0 Å². The lowest BCUT2D eigenvalue weighted by Crippen LogP contribution is -2.59. The predicted octanol–water partition coefficient (Wildman–Crippen LogP) is 0.116. The Morgan fingerprint density at radius 3 is 2.75 bits per heavy atom. The standard InChI is InChI=1S/C9H13N3O3S/c1-6(13)16-7-4-11(5-7)9-12(8(10)14)2-3-15-9/h2-3,7,9H,4-5H2,1H3,(H2,10,14). The quantitative estimate of drug-likeness (QED) is 0.745. The second-order valence-corrected chi connectivity index (χ2v) is 5.16. The van der Waals surface area contributed by atoms with E-state index in [-0.39, 0.29) is 10.4 Å². The number of primary amides is 1. The summed E-state index contributed by atoms with van der Waals surface area (Å²) in [7, 11) is 0. The molecule has 1 atom stereocenters. The van der Waals surface area contributed by atoms with Crippen molar-refractivity contribution >= 4 is 22.9 Å². The third-order valence-electron chi connectivity index (χ3n) is 2.44. The van der Waals surface area contributed by atoms with Crippen LogP contribution in [0.4, 0.5) is 4.79 Å². The van der Waals surface area contributed by atoms with Crippen molar-refractivity contribution in [3.05, 3.63) is 12.5 Å². The molecule has 7 heteroatoms. The van der Waals surface area contributed by atoms with Gasteiger partial charge >= 0.3 is 6.03 Å². The van der Waals surface area contributed by atoms with E-state index in [0.717, 1.165) is 13.1 Å². The number of carbonyl (C=O) groups excluding carboxylic acids is 2. The Bertz CT molecular complexity index is 341. The first kappa shape index (κ1) is 11.3. The lowest BCUT2D eigenvalue weighted by Gasteiger charge is -2.43. The number of rotatable bonds is 2. The van der Waals surface area contributed by atoms with E-state index >= 15 is 0 Å². The largest absolute Gasteiger partial charge is 0.463 e. The molecule has 0 radical (unpaired) electrons. The zero-order valence-corrected chi connectivity index (χ0v) is 9.64. The summed E-state index contributed by atoms with van der Waals surface area (Å²) in [5, 5.41) is 0.401. The van der Waals surface area contributed by atoms with Crippen molar-refractivity contribution in [3.63, 3.8) is 0 Å². The van der Waals surface area contributed by atoms with E-state index in [1.165, 1.54) is 29.1 Å². The van der Waals surface area contributed by atoms with Gasteiger partial charge in [-0.2, -0.15) is 0 Å². The molecule has 0 aromatic carbocycles. The Kier molecular flexibility index (Phi) is 3.06. The van der Waals surface area contributed by atoms with Crippen LogP contribution < -0.4 is 5.73 Å². The fourth-order valence-corrected chi connectivity index (χ4v) is 2.72. The summed E-state index contributed by atoms with van der Waals surface area (Å²) in [5.41, 5.74) is 5.19. The highest BCUT2D eigenvalue weighted by molar-refractivity contribution is 8.14. The van der Waals surface area contributed by atoms with Gasteiger partial charge in [-0.25, -0.2) is 14.6 Å². The van der Waals surface area contributed by atoms with Gasteiger partial charge in [0, 0.05) is 31.5 Å². The summed E-state index contributed by atoms with van der Waals surface area (Å²) in [6.45, 7) is 3.00. The van der Waals surface area contributed by atoms with Crippen LogP contribution in [0, 0.1) is 0 Å². The molecule has 1 unspecified atom stereocenters. The molecule has 0 bridgehead atoms. The SMILES string of the molecule is CC(=O)SC1CN(C2OC=CN2C(N)=O)C1. The summed E-state index contributed by atoms with van der Waals surface area (Å²) in [4.78, 5) is 25.2. The number of nitrogens with two attached hydrogens (primary N) is 1. The number of hydrogen-bond acceptors (Lipinski definition) is 5. The fourth-order valence-electron chi connectivity index (χ4n) is 1.71. The molecule has 2 heterocycles. The molecule has 0 aromatic rings. The van der Waals surface area contributed by atoms with Crippen LogP contribution in [0.2, 0.25) is 0 Å². The van der Waals surface area contributed by atoms with E-state index in [9.17, 15) is 9.59 Å². The van der Waals surface area contributed by atoms with Crippen molar-refractivity contribution in [2.45, 2.75) is 18.5 Å². The number of urea groups is 1. The Balaban J connectivity index is 1.83. The first-order valence-electron chi connectivity index (χ1n) is 4.89. The van der Waals surface area contributed by atoms with Gasteiger partial charge in [0.1, 0.15) is 6.26 Å². The number of nitrogens with zero attached hydrogens (tertiary/aromatic N) is 2. The molecule has 2 rings (SSSR count). The molecule has 88 valence electrons. The maximum absolute atomic E-state index is 11.0. The van der Waals surface area contributed by atoms with Crippen LogP contribution in [0.25, 0.3) is 0 Å². The third-order valence-corrected chi connectivity index (χ3v) is 3.40. The lowest BCUT2D eigenvalue weighted by molar-refractivity contribution is -0.109. The molecule has 6 nitrogen and oxygen atoms in total. The van der Waals surface area contributed by atoms with Gasteiger partial charge in [-0.3, -0.25) is 4.79 Å². The first-order valence-corrected chi connectivity index (χ1v) is 5.77. The number of hydrogen-bond donors (Lipinski definition) is 1. The summed E-state index contributed by atoms with van der Waals surface area (Å²) in [6, 6.07) is -0.540. The molecule has 1 fully saturated rings. The first-order chi connectivity index (χ1) is 7.58. The van der Waals surface area contributed by atoms with Crippen LogP contribution in [0.15, 0.2) is 12.5 Å². The number of thioether (sulfide) groups is 1.